The quantitative estimate of drug-likeness (QED) is 0.512. The van der Waals surface area contributed by atoms with Crippen molar-refractivity contribution in [3.63, 3.8) is 0 Å². The first-order valence-corrected chi connectivity index (χ1v) is 2.38. The Hall–Kier alpha value is -0.410. The van der Waals surface area contributed by atoms with Gasteiger partial charge in [0.2, 0.25) is 0 Å². The van der Waals surface area contributed by atoms with Gasteiger partial charge in [0.25, 0.3) is 0 Å². The van der Waals surface area contributed by atoms with Crippen LogP contribution in [0, 0.1) is 0 Å². The topological polar surface area (TPSA) is 46.5 Å². The minimum Gasteiger partial charge on any atom is -0.390 e. The van der Waals surface area contributed by atoms with E-state index in [9.17, 15) is 4.79 Å². The maximum absolute atomic E-state index is 9.89. The predicted octanol–water partition coefficient (Wildman–Crippen LogP) is -0.419. The molecule has 0 aliphatic heterocycles. The lowest BCUT2D eigenvalue weighted by Gasteiger charge is -2.09. The summed E-state index contributed by atoms with van der Waals surface area (Å²) in [6.45, 7) is 1.50. The molecule has 8 heavy (non-hydrogen) atoms. The molecule has 1 N–H and O–H groups in total. The van der Waals surface area contributed by atoms with E-state index in [1.165, 1.54) is 14.0 Å². The Morgan fingerprint density at radius 2 is 2.25 bits per heavy atom. The average molecular weight is 118 g/mol. The molecule has 0 amide bonds. The van der Waals surface area contributed by atoms with Gasteiger partial charge in [0.15, 0.2) is 6.29 Å². The highest BCUT2D eigenvalue weighted by Gasteiger charge is 2.10. The number of hydrogen-bond acceptors (Lipinski definition) is 3. The predicted molar refractivity (Wildman–Crippen MR) is 28.5 cm³/mol. The summed E-state index contributed by atoms with van der Waals surface area (Å²) in [4.78, 5) is 9.89. The first kappa shape index (κ1) is 7.59. The lowest BCUT2D eigenvalue weighted by Crippen LogP contribution is -2.25. The Labute approximate surface area is 48.3 Å². The third-order valence-corrected chi connectivity index (χ3v) is 0.882. The first-order chi connectivity index (χ1) is 3.72. The van der Waals surface area contributed by atoms with E-state index >= 15 is 0 Å². The Kier molecular flexibility index (Phi) is 3.39. The Balaban J connectivity index is 3.51. The minimum absolute atomic E-state index is 0.574. The number of aldehydes is 1. The summed E-state index contributed by atoms with van der Waals surface area (Å²) in [7, 11) is 1.38. The second kappa shape index (κ2) is 3.57. The van der Waals surface area contributed by atoms with Crippen LogP contribution in [0.2, 0.25) is 0 Å². The molecule has 0 aromatic rings. The molecule has 3 heteroatoms. The largest absolute Gasteiger partial charge is 0.390 e. The standard InChI is InChI=1S/C5H10O3/c1-4(7)5(3-6)8-2/h3-5,7H,1-2H3/t4-,5+/m1/s1. The molecule has 0 aliphatic carbocycles. The highest BCUT2D eigenvalue weighted by atomic mass is 16.5. The number of carbonyl (C=O) groups excluding carboxylic acids is 1. The molecule has 0 saturated heterocycles. The van der Waals surface area contributed by atoms with Crippen LogP contribution in [0.15, 0.2) is 0 Å². The molecule has 0 rings (SSSR count). The summed E-state index contributed by atoms with van der Waals surface area (Å²) in [6, 6.07) is 0. The van der Waals surface area contributed by atoms with Crippen LogP contribution in [0.4, 0.5) is 0 Å². The van der Waals surface area contributed by atoms with Crippen LogP contribution in [0.5, 0.6) is 0 Å². The van der Waals surface area contributed by atoms with Crippen molar-refractivity contribution in [2.24, 2.45) is 0 Å². The van der Waals surface area contributed by atoms with E-state index in [4.69, 9.17) is 5.11 Å². The second-order valence-electron chi connectivity index (χ2n) is 1.58. The van der Waals surface area contributed by atoms with E-state index < -0.39 is 12.2 Å². The summed E-state index contributed by atoms with van der Waals surface area (Å²) >= 11 is 0. The maximum Gasteiger partial charge on any atom is 0.151 e. The maximum atomic E-state index is 9.89. The van der Waals surface area contributed by atoms with E-state index in [2.05, 4.69) is 4.74 Å². The molecule has 0 heterocycles. The zero-order valence-electron chi connectivity index (χ0n) is 5.00. The summed E-state index contributed by atoms with van der Waals surface area (Å²) in [5, 5.41) is 8.66. The van der Waals surface area contributed by atoms with E-state index in [1.807, 2.05) is 0 Å². The van der Waals surface area contributed by atoms with Crippen LogP contribution < -0.4 is 0 Å². The lowest BCUT2D eigenvalue weighted by molar-refractivity contribution is -0.121. The van der Waals surface area contributed by atoms with E-state index in [1.54, 1.807) is 0 Å². The van der Waals surface area contributed by atoms with Crippen LogP contribution in [-0.2, 0) is 9.53 Å². The fourth-order valence-electron chi connectivity index (χ4n) is 0.366. The number of rotatable bonds is 3. The third-order valence-electron chi connectivity index (χ3n) is 0.882. The molecule has 0 fully saturated rings. The molecule has 0 aliphatic rings. The van der Waals surface area contributed by atoms with Crippen molar-refractivity contribution >= 4 is 6.29 Å². The third kappa shape index (κ3) is 2.04. The van der Waals surface area contributed by atoms with E-state index in [0.29, 0.717) is 6.29 Å². The fraction of sp³-hybridized carbons (Fsp3) is 0.800. The Bertz CT molecular complexity index is 70.1. The van der Waals surface area contributed by atoms with Crippen LogP contribution in [0.3, 0.4) is 0 Å². The van der Waals surface area contributed by atoms with E-state index in [-0.39, 0.29) is 0 Å². The molecule has 0 aromatic heterocycles. The van der Waals surface area contributed by atoms with Crippen molar-refractivity contribution in [2.75, 3.05) is 7.11 Å². The van der Waals surface area contributed by atoms with Crippen molar-refractivity contribution in [1.82, 2.24) is 0 Å². The number of hydrogen-bond donors (Lipinski definition) is 1. The van der Waals surface area contributed by atoms with E-state index in [0.717, 1.165) is 0 Å². The van der Waals surface area contributed by atoms with Crippen molar-refractivity contribution in [1.29, 1.82) is 0 Å². The molecule has 0 saturated carbocycles. The smallest absolute Gasteiger partial charge is 0.151 e. The second-order valence-corrected chi connectivity index (χ2v) is 1.58. The van der Waals surface area contributed by atoms with Gasteiger partial charge < -0.3 is 14.6 Å². The highest BCUT2D eigenvalue weighted by molar-refractivity contribution is 5.56. The van der Waals surface area contributed by atoms with Crippen LogP contribution in [-0.4, -0.2) is 30.7 Å². The van der Waals surface area contributed by atoms with Gasteiger partial charge in [-0.15, -0.1) is 0 Å². The average Bonchev–Trinajstić information content (AvgIpc) is 1.69. The normalized spacial score (nSPS) is 17.4. The molecule has 0 unspecified atom stereocenters. The fourth-order valence-corrected chi connectivity index (χ4v) is 0.366. The molecular formula is C5H10O3. The summed E-state index contributed by atoms with van der Waals surface area (Å²) in [6.07, 6.45) is -0.808. The van der Waals surface area contributed by atoms with Gasteiger partial charge in [-0.05, 0) is 6.92 Å². The van der Waals surface area contributed by atoms with Gasteiger partial charge >= 0.3 is 0 Å². The molecule has 0 spiro atoms. The molecule has 0 bridgehead atoms. The molecular weight excluding hydrogens is 108 g/mol. The Morgan fingerprint density at radius 3 is 2.25 bits per heavy atom. The summed E-state index contributed by atoms with van der Waals surface area (Å²) in [5.41, 5.74) is 0. The van der Waals surface area contributed by atoms with Gasteiger partial charge in [-0.1, -0.05) is 0 Å². The van der Waals surface area contributed by atoms with Gasteiger partial charge in [0.1, 0.15) is 6.10 Å². The van der Waals surface area contributed by atoms with Crippen molar-refractivity contribution < 1.29 is 14.6 Å². The van der Waals surface area contributed by atoms with Crippen molar-refractivity contribution in [3.8, 4) is 0 Å². The zero-order chi connectivity index (χ0) is 6.57. The SMILES string of the molecule is CO[C@@H](C=O)[C@@H](C)O. The lowest BCUT2D eigenvalue weighted by atomic mass is 10.2. The van der Waals surface area contributed by atoms with Gasteiger partial charge in [-0.3, -0.25) is 0 Å². The molecule has 3 nitrogen and oxygen atoms in total. The van der Waals surface area contributed by atoms with Crippen LogP contribution in [0.1, 0.15) is 6.92 Å². The summed E-state index contributed by atoms with van der Waals surface area (Å²) < 4.78 is 4.54. The van der Waals surface area contributed by atoms with Crippen LogP contribution >= 0.6 is 0 Å². The molecule has 48 valence electrons. The van der Waals surface area contributed by atoms with Crippen molar-refractivity contribution in [2.45, 2.75) is 19.1 Å². The molecule has 2 atom stereocenters. The number of methoxy groups -OCH3 is 1. The molecule has 0 radical (unpaired) electrons. The van der Waals surface area contributed by atoms with Gasteiger partial charge in [-0.25, -0.2) is 0 Å². The van der Waals surface area contributed by atoms with Gasteiger partial charge in [0.05, 0.1) is 6.10 Å². The first-order valence-electron chi connectivity index (χ1n) is 2.38. The monoisotopic (exact) mass is 118 g/mol. The number of aliphatic hydroxyl groups is 1. The van der Waals surface area contributed by atoms with Crippen molar-refractivity contribution in [3.05, 3.63) is 0 Å². The summed E-state index contributed by atoms with van der Waals surface area (Å²) in [5.74, 6) is 0. The minimum atomic E-state index is -0.711. The zero-order valence-corrected chi connectivity index (χ0v) is 5.00. The number of ether oxygens (including phenoxy) is 1. The highest BCUT2D eigenvalue weighted by Crippen LogP contribution is 1.91. The van der Waals surface area contributed by atoms with Gasteiger partial charge in [-0.2, -0.15) is 0 Å². The van der Waals surface area contributed by atoms with Gasteiger partial charge in [0, 0.05) is 7.11 Å². The number of carbonyl (C=O) groups is 1. The number of aliphatic hydroxyl groups excluding tert-OH is 1. The molecule has 0 aromatic carbocycles. The van der Waals surface area contributed by atoms with Crippen LogP contribution in [0.25, 0.3) is 0 Å². The Morgan fingerprint density at radius 1 is 1.75 bits per heavy atom.